The van der Waals surface area contributed by atoms with Gasteiger partial charge in [-0.3, -0.25) is 0 Å². The van der Waals surface area contributed by atoms with Crippen molar-refractivity contribution in [3.63, 3.8) is 0 Å². The first-order valence-corrected chi connectivity index (χ1v) is 6.47. The Morgan fingerprint density at radius 2 is 2.05 bits per heavy atom. The normalized spacial score (nSPS) is 22.9. The van der Waals surface area contributed by atoms with E-state index in [1.807, 2.05) is 13.8 Å². The third-order valence-corrected chi connectivity index (χ3v) is 3.24. The average Bonchev–Trinajstić information content (AvgIpc) is 2.71. The van der Waals surface area contributed by atoms with E-state index >= 15 is 0 Å². The first-order valence-electron chi connectivity index (χ1n) is 6.47. The van der Waals surface area contributed by atoms with Gasteiger partial charge in [-0.2, -0.15) is 0 Å². The number of carbonyl (C=O) groups is 2. The fourth-order valence-electron chi connectivity index (χ4n) is 2.24. The molecule has 0 aromatic heterocycles. The number of rotatable bonds is 5. The van der Waals surface area contributed by atoms with E-state index in [9.17, 15) is 14.7 Å². The molecule has 1 fully saturated rings. The maximum atomic E-state index is 12.3. The summed E-state index contributed by atoms with van der Waals surface area (Å²) in [5.74, 6) is -1.10. The van der Waals surface area contributed by atoms with Crippen LogP contribution in [-0.4, -0.2) is 75.0 Å². The smallest absolute Gasteiger partial charge is 0.326 e. The van der Waals surface area contributed by atoms with Crippen molar-refractivity contribution >= 4 is 12.0 Å². The predicted octanol–water partition coefficient (Wildman–Crippen LogP) is -0.281. The van der Waals surface area contributed by atoms with Gasteiger partial charge >= 0.3 is 12.0 Å². The number of amides is 2. The SMILES string of the molecule is CC(C)N(CCCO)C(=O)N1C[C@H](O)C[C@H]1C(=O)O. The molecule has 1 heterocycles. The summed E-state index contributed by atoms with van der Waals surface area (Å²) >= 11 is 0. The Morgan fingerprint density at radius 3 is 2.53 bits per heavy atom. The molecule has 0 unspecified atom stereocenters. The Morgan fingerprint density at radius 1 is 1.42 bits per heavy atom. The number of likely N-dealkylation sites (tertiary alicyclic amines) is 1. The summed E-state index contributed by atoms with van der Waals surface area (Å²) in [5, 5.41) is 27.5. The number of hydrogen-bond acceptors (Lipinski definition) is 4. The molecule has 0 aliphatic carbocycles. The summed E-state index contributed by atoms with van der Waals surface area (Å²) in [6.07, 6.45) is -0.290. The van der Waals surface area contributed by atoms with Gasteiger partial charge in [0, 0.05) is 32.2 Å². The van der Waals surface area contributed by atoms with Gasteiger partial charge in [0.1, 0.15) is 6.04 Å². The quantitative estimate of drug-likeness (QED) is 0.640. The number of aliphatic hydroxyl groups is 2. The third-order valence-electron chi connectivity index (χ3n) is 3.24. The van der Waals surface area contributed by atoms with Crippen LogP contribution >= 0.6 is 0 Å². The van der Waals surface area contributed by atoms with Gasteiger partial charge in [0.05, 0.1) is 6.10 Å². The highest BCUT2D eigenvalue weighted by Gasteiger charge is 2.40. The van der Waals surface area contributed by atoms with E-state index in [-0.39, 0.29) is 25.6 Å². The van der Waals surface area contributed by atoms with Crippen LogP contribution in [0.1, 0.15) is 26.7 Å². The minimum atomic E-state index is -1.10. The summed E-state index contributed by atoms with van der Waals surface area (Å²) in [7, 11) is 0. The molecule has 1 saturated heterocycles. The maximum absolute atomic E-state index is 12.3. The second-order valence-electron chi connectivity index (χ2n) is 5.04. The van der Waals surface area contributed by atoms with Gasteiger partial charge in [0.15, 0.2) is 0 Å². The number of β-amino-alcohol motifs (C(OH)–C–C–N with tert-alkyl or cyclic N) is 1. The van der Waals surface area contributed by atoms with Gasteiger partial charge in [-0.25, -0.2) is 9.59 Å². The van der Waals surface area contributed by atoms with Crippen LogP contribution in [0.25, 0.3) is 0 Å². The van der Waals surface area contributed by atoms with E-state index in [0.717, 1.165) is 0 Å². The fraction of sp³-hybridized carbons (Fsp3) is 0.833. The molecule has 19 heavy (non-hydrogen) atoms. The lowest BCUT2D eigenvalue weighted by Gasteiger charge is -2.32. The molecule has 0 radical (unpaired) electrons. The fourth-order valence-corrected chi connectivity index (χ4v) is 2.24. The summed E-state index contributed by atoms with van der Waals surface area (Å²) in [6, 6.07) is -1.46. The van der Waals surface area contributed by atoms with Crippen molar-refractivity contribution in [2.75, 3.05) is 19.7 Å². The largest absolute Gasteiger partial charge is 0.480 e. The second kappa shape index (κ2) is 6.72. The standard InChI is InChI=1S/C12H22N2O5/c1-8(2)13(4-3-5-15)12(19)14-7-9(16)6-10(14)11(17)18/h8-10,15-16H,3-7H2,1-2H3,(H,17,18)/t9-,10+/m1/s1. The lowest BCUT2D eigenvalue weighted by Crippen LogP contribution is -2.50. The second-order valence-corrected chi connectivity index (χ2v) is 5.04. The number of nitrogens with zero attached hydrogens (tertiary/aromatic N) is 2. The van der Waals surface area contributed by atoms with Crippen LogP contribution in [0.4, 0.5) is 4.79 Å². The molecule has 1 rings (SSSR count). The van der Waals surface area contributed by atoms with Crippen LogP contribution in [-0.2, 0) is 4.79 Å². The van der Waals surface area contributed by atoms with Crippen LogP contribution in [0.2, 0.25) is 0 Å². The van der Waals surface area contributed by atoms with Gasteiger partial charge in [-0.05, 0) is 20.3 Å². The molecule has 0 spiro atoms. The highest BCUT2D eigenvalue weighted by molar-refractivity contribution is 5.83. The number of carbonyl (C=O) groups excluding carboxylic acids is 1. The van der Waals surface area contributed by atoms with E-state index in [2.05, 4.69) is 0 Å². The number of aliphatic hydroxyl groups excluding tert-OH is 2. The Kier molecular flexibility index (Phi) is 5.56. The Balaban J connectivity index is 2.80. The van der Waals surface area contributed by atoms with Crippen LogP contribution < -0.4 is 0 Å². The molecule has 0 aromatic rings. The zero-order valence-corrected chi connectivity index (χ0v) is 11.3. The van der Waals surface area contributed by atoms with Crippen molar-refractivity contribution in [2.45, 2.75) is 44.9 Å². The molecule has 2 amide bonds. The molecule has 7 heteroatoms. The van der Waals surface area contributed by atoms with Gasteiger partial charge in [0.25, 0.3) is 0 Å². The molecule has 1 aliphatic rings. The molecule has 0 bridgehead atoms. The molecule has 7 nitrogen and oxygen atoms in total. The number of hydrogen-bond donors (Lipinski definition) is 3. The van der Waals surface area contributed by atoms with E-state index in [0.29, 0.717) is 13.0 Å². The van der Waals surface area contributed by atoms with Gasteiger partial charge < -0.3 is 25.1 Å². The maximum Gasteiger partial charge on any atom is 0.326 e. The predicted molar refractivity (Wildman–Crippen MR) is 67.7 cm³/mol. The summed E-state index contributed by atoms with van der Waals surface area (Å²) in [5.41, 5.74) is 0. The lowest BCUT2D eigenvalue weighted by atomic mass is 10.2. The molecular weight excluding hydrogens is 252 g/mol. The van der Waals surface area contributed by atoms with E-state index < -0.39 is 24.1 Å². The van der Waals surface area contributed by atoms with Crippen LogP contribution in [0.3, 0.4) is 0 Å². The van der Waals surface area contributed by atoms with Crippen molar-refractivity contribution in [3.8, 4) is 0 Å². The summed E-state index contributed by atoms with van der Waals surface area (Å²) in [4.78, 5) is 26.2. The first-order chi connectivity index (χ1) is 8.88. The van der Waals surface area contributed by atoms with E-state index in [1.54, 1.807) is 0 Å². The van der Waals surface area contributed by atoms with Crippen molar-refractivity contribution < 1.29 is 24.9 Å². The Bertz CT molecular complexity index is 334. The highest BCUT2D eigenvalue weighted by Crippen LogP contribution is 2.21. The number of carboxylic acid groups (broad SMARTS) is 1. The monoisotopic (exact) mass is 274 g/mol. The van der Waals surface area contributed by atoms with E-state index in [4.69, 9.17) is 10.2 Å². The number of aliphatic carboxylic acids is 1. The number of urea groups is 1. The molecule has 0 saturated carbocycles. The van der Waals surface area contributed by atoms with Gasteiger partial charge in [-0.1, -0.05) is 0 Å². The third kappa shape index (κ3) is 3.81. The molecular formula is C12H22N2O5. The van der Waals surface area contributed by atoms with Crippen molar-refractivity contribution in [1.29, 1.82) is 0 Å². The van der Waals surface area contributed by atoms with Crippen LogP contribution in [0.15, 0.2) is 0 Å². The number of carboxylic acids is 1. The average molecular weight is 274 g/mol. The van der Waals surface area contributed by atoms with Gasteiger partial charge in [0.2, 0.25) is 0 Å². The highest BCUT2D eigenvalue weighted by atomic mass is 16.4. The summed E-state index contributed by atoms with van der Waals surface area (Å²) in [6.45, 7) is 4.04. The van der Waals surface area contributed by atoms with Crippen molar-refractivity contribution in [1.82, 2.24) is 9.80 Å². The Hall–Kier alpha value is -1.34. The first kappa shape index (κ1) is 15.7. The van der Waals surface area contributed by atoms with Crippen molar-refractivity contribution in [2.24, 2.45) is 0 Å². The zero-order chi connectivity index (χ0) is 14.6. The van der Waals surface area contributed by atoms with Crippen molar-refractivity contribution in [3.05, 3.63) is 0 Å². The molecule has 3 N–H and O–H groups in total. The molecule has 110 valence electrons. The lowest BCUT2D eigenvalue weighted by molar-refractivity contribution is -0.141. The summed E-state index contributed by atoms with van der Waals surface area (Å²) < 4.78 is 0. The zero-order valence-electron chi connectivity index (χ0n) is 11.3. The topological polar surface area (TPSA) is 101 Å². The molecule has 1 aliphatic heterocycles. The van der Waals surface area contributed by atoms with E-state index in [1.165, 1.54) is 9.80 Å². The minimum Gasteiger partial charge on any atom is -0.480 e. The van der Waals surface area contributed by atoms with Crippen LogP contribution in [0.5, 0.6) is 0 Å². The molecule has 2 atom stereocenters. The molecule has 0 aromatic carbocycles. The van der Waals surface area contributed by atoms with Gasteiger partial charge in [-0.15, -0.1) is 0 Å². The Labute approximate surface area is 112 Å². The van der Waals surface area contributed by atoms with Crippen LogP contribution in [0, 0.1) is 0 Å². The minimum absolute atomic E-state index is 0.0263.